The van der Waals surface area contributed by atoms with Gasteiger partial charge in [0, 0.05) is 19.0 Å². The zero-order chi connectivity index (χ0) is 12.4. The van der Waals surface area contributed by atoms with Crippen LogP contribution in [0.1, 0.15) is 12.5 Å². The summed E-state index contributed by atoms with van der Waals surface area (Å²) in [5, 5.41) is 16.0. The fraction of sp³-hybridized carbons (Fsp3) is 0.250. The maximum Gasteiger partial charge on any atom is 0.125 e. The lowest BCUT2D eigenvalue weighted by Gasteiger charge is -2.06. The van der Waals surface area contributed by atoms with Gasteiger partial charge in [-0.05, 0) is 30.3 Å². The number of nitrogens with zero attached hydrogens (tertiary/aromatic N) is 3. The van der Waals surface area contributed by atoms with Crippen LogP contribution in [0.5, 0.6) is 0 Å². The number of rotatable bonds is 3. The van der Waals surface area contributed by atoms with E-state index in [0.29, 0.717) is 11.3 Å². The van der Waals surface area contributed by atoms with Crippen molar-refractivity contribution in [2.45, 2.75) is 13.5 Å². The van der Waals surface area contributed by atoms with E-state index in [4.69, 9.17) is 0 Å². The normalized spacial score (nSPS) is 10.2. The zero-order valence-electron chi connectivity index (χ0n) is 9.69. The molecular weight excluding hydrogens is 216 g/mol. The molecule has 1 heterocycles. The average Bonchev–Trinajstić information content (AvgIpc) is 2.69. The summed E-state index contributed by atoms with van der Waals surface area (Å²) in [6, 6.07) is 7.27. The van der Waals surface area contributed by atoms with Gasteiger partial charge in [0.15, 0.2) is 0 Å². The molecule has 0 saturated carbocycles. The standard InChI is InChI=1S/C12H12N4O/c1-3-16-11-6-8(15-17)4-5-9(11)10(7-13)12(16)14-2/h4-6,14H,3H2,1-2H3. The molecule has 2 rings (SSSR count). The van der Waals surface area contributed by atoms with E-state index in [1.54, 1.807) is 25.2 Å². The second-order valence-corrected chi connectivity index (χ2v) is 3.62. The third-order valence-corrected chi connectivity index (χ3v) is 2.82. The van der Waals surface area contributed by atoms with Crippen LogP contribution in [-0.4, -0.2) is 11.6 Å². The van der Waals surface area contributed by atoms with Crippen molar-refractivity contribution in [1.29, 1.82) is 5.26 Å². The van der Waals surface area contributed by atoms with Crippen molar-refractivity contribution in [3.05, 3.63) is 28.7 Å². The third-order valence-electron chi connectivity index (χ3n) is 2.82. The van der Waals surface area contributed by atoms with Crippen molar-refractivity contribution in [1.82, 2.24) is 4.57 Å². The van der Waals surface area contributed by atoms with Crippen LogP contribution in [0.15, 0.2) is 23.4 Å². The summed E-state index contributed by atoms with van der Waals surface area (Å²) in [6.07, 6.45) is 0. The highest BCUT2D eigenvalue weighted by atomic mass is 16.3. The molecule has 5 nitrogen and oxygen atoms in total. The molecule has 0 radical (unpaired) electrons. The lowest BCUT2D eigenvalue weighted by atomic mass is 10.1. The molecule has 5 heteroatoms. The third kappa shape index (κ3) is 1.54. The molecule has 2 aromatic rings. The number of nitriles is 1. The summed E-state index contributed by atoms with van der Waals surface area (Å²) in [5.41, 5.74) is 1.82. The van der Waals surface area contributed by atoms with E-state index < -0.39 is 0 Å². The van der Waals surface area contributed by atoms with Gasteiger partial charge in [0.2, 0.25) is 0 Å². The minimum absolute atomic E-state index is 0.372. The second kappa shape index (κ2) is 4.26. The van der Waals surface area contributed by atoms with E-state index >= 15 is 0 Å². The SMILES string of the molecule is CCn1c(NC)c(C#N)c2ccc(N=O)cc21. The van der Waals surface area contributed by atoms with Crippen LogP contribution in [0.4, 0.5) is 11.5 Å². The van der Waals surface area contributed by atoms with Crippen LogP contribution in [0.3, 0.4) is 0 Å². The van der Waals surface area contributed by atoms with Gasteiger partial charge in [0.05, 0.1) is 5.52 Å². The van der Waals surface area contributed by atoms with Crippen molar-refractivity contribution >= 4 is 22.4 Å². The second-order valence-electron chi connectivity index (χ2n) is 3.62. The van der Waals surface area contributed by atoms with E-state index in [9.17, 15) is 10.2 Å². The highest BCUT2D eigenvalue weighted by Crippen LogP contribution is 2.32. The van der Waals surface area contributed by atoms with Gasteiger partial charge in [-0.2, -0.15) is 5.26 Å². The van der Waals surface area contributed by atoms with Crippen LogP contribution in [0.2, 0.25) is 0 Å². The van der Waals surface area contributed by atoms with E-state index in [1.165, 1.54) is 0 Å². The smallest absolute Gasteiger partial charge is 0.125 e. The molecule has 1 aromatic heterocycles. The van der Waals surface area contributed by atoms with Gasteiger partial charge in [0.1, 0.15) is 23.1 Å². The summed E-state index contributed by atoms with van der Waals surface area (Å²) >= 11 is 0. The number of nitrogens with one attached hydrogen (secondary N) is 1. The van der Waals surface area contributed by atoms with Crippen LogP contribution in [0, 0.1) is 16.2 Å². The van der Waals surface area contributed by atoms with Crippen LogP contribution >= 0.6 is 0 Å². The summed E-state index contributed by atoms with van der Waals surface area (Å²) in [7, 11) is 1.78. The zero-order valence-corrected chi connectivity index (χ0v) is 9.69. The largest absolute Gasteiger partial charge is 0.373 e. The number of aromatic nitrogens is 1. The molecule has 1 aromatic carbocycles. The maximum atomic E-state index is 10.5. The molecule has 0 fully saturated rings. The van der Waals surface area contributed by atoms with Crippen molar-refractivity contribution in [3.8, 4) is 6.07 Å². The molecule has 0 aliphatic heterocycles. The number of hydrogen-bond acceptors (Lipinski definition) is 4. The topological polar surface area (TPSA) is 70.2 Å². The Morgan fingerprint density at radius 1 is 1.53 bits per heavy atom. The molecule has 1 N–H and O–H groups in total. The number of hydrogen-bond donors (Lipinski definition) is 1. The lowest BCUT2D eigenvalue weighted by Crippen LogP contribution is -2.01. The van der Waals surface area contributed by atoms with Gasteiger partial charge < -0.3 is 9.88 Å². The predicted octanol–water partition coefficient (Wildman–Crippen LogP) is 2.97. The fourth-order valence-corrected chi connectivity index (χ4v) is 2.10. The van der Waals surface area contributed by atoms with Gasteiger partial charge in [-0.15, -0.1) is 4.91 Å². The molecule has 86 valence electrons. The summed E-state index contributed by atoms with van der Waals surface area (Å²) in [6.45, 7) is 2.71. The van der Waals surface area contributed by atoms with Gasteiger partial charge in [-0.3, -0.25) is 0 Å². The van der Waals surface area contributed by atoms with Gasteiger partial charge >= 0.3 is 0 Å². The van der Waals surface area contributed by atoms with Crippen molar-refractivity contribution in [2.24, 2.45) is 5.18 Å². The number of anilines is 1. The van der Waals surface area contributed by atoms with Gasteiger partial charge in [-0.25, -0.2) is 0 Å². The predicted molar refractivity (Wildman–Crippen MR) is 67.3 cm³/mol. The molecule has 0 spiro atoms. The Hall–Kier alpha value is -2.35. The lowest BCUT2D eigenvalue weighted by molar-refractivity contribution is 0.803. The van der Waals surface area contributed by atoms with Gasteiger partial charge in [-0.1, -0.05) is 0 Å². The molecule has 0 amide bonds. The van der Waals surface area contributed by atoms with Gasteiger partial charge in [0.25, 0.3) is 0 Å². The summed E-state index contributed by atoms with van der Waals surface area (Å²) < 4.78 is 1.96. The number of nitroso groups, excluding NO2 is 1. The van der Waals surface area contributed by atoms with Crippen molar-refractivity contribution in [2.75, 3.05) is 12.4 Å². The molecular formula is C12H12N4O. The number of aryl methyl sites for hydroxylation is 1. The Balaban J connectivity index is 2.89. The average molecular weight is 228 g/mol. The van der Waals surface area contributed by atoms with Crippen LogP contribution in [0.25, 0.3) is 10.9 Å². The first-order valence-electron chi connectivity index (χ1n) is 5.34. The summed E-state index contributed by atoms with van der Waals surface area (Å²) in [4.78, 5) is 10.5. The van der Waals surface area contributed by atoms with Crippen molar-refractivity contribution < 1.29 is 0 Å². The minimum Gasteiger partial charge on any atom is -0.373 e. The molecule has 0 aliphatic carbocycles. The monoisotopic (exact) mass is 228 g/mol. The van der Waals surface area contributed by atoms with Crippen molar-refractivity contribution in [3.63, 3.8) is 0 Å². The Labute approximate surface area is 98.6 Å². The molecule has 0 unspecified atom stereocenters. The van der Waals surface area contributed by atoms with E-state index in [0.717, 1.165) is 23.3 Å². The quantitative estimate of drug-likeness (QED) is 0.821. The molecule has 0 saturated heterocycles. The first-order chi connectivity index (χ1) is 8.26. The first kappa shape index (κ1) is 11.1. The Kier molecular flexibility index (Phi) is 2.79. The molecule has 0 bridgehead atoms. The van der Waals surface area contributed by atoms with E-state index in [1.807, 2.05) is 11.5 Å². The molecule has 17 heavy (non-hydrogen) atoms. The van der Waals surface area contributed by atoms with E-state index in [-0.39, 0.29) is 0 Å². The van der Waals surface area contributed by atoms with E-state index in [2.05, 4.69) is 16.6 Å². The number of fused-ring (bicyclic) bond motifs is 1. The van der Waals surface area contributed by atoms with Crippen LogP contribution < -0.4 is 5.32 Å². The highest BCUT2D eigenvalue weighted by Gasteiger charge is 2.15. The highest BCUT2D eigenvalue weighted by molar-refractivity contribution is 5.94. The first-order valence-corrected chi connectivity index (χ1v) is 5.34. The molecule has 0 atom stereocenters. The minimum atomic E-state index is 0.372. The Bertz CT molecular complexity index is 621. The molecule has 0 aliphatic rings. The maximum absolute atomic E-state index is 10.5. The Morgan fingerprint density at radius 3 is 2.82 bits per heavy atom. The Morgan fingerprint density at radius 2 is 2.29 bits per heavy atom. The number of benzene rings is 1. The fourth-order valence-electron chi connectivity index (χ4n) is 2.10. The summed E-state index contributed by atoms with van der Waals surface area (Å²) in [5.74, 6) is 0.771. The van der Waals surface area contributed by atoms with Crippen LogP contribution in [-0.2, 0) is 6.54 Å².